The van der Waals surface area contributed by atoms with Gasteiger partial charge in [-0.15, -0.1) is 0 Å². The van der Waals surface area contributed by atoms with Gasteiger partial charge in [-0.1, -0.05) is 18.7 Å². The quantitative estimate of drug-likeness (QED) is 0.347. The van der Waals surface area contributed by atoms with Crippen LogP contribution in [0.15, 0.2) is 40.6 Å². The lowest BCUT2D eigenvalue weighted by Gasteiger charge is -2.06. The number of rotatable bonds is 4. The maximum Gasteiger partial charge on any atom is 0.488 e. The van der Waals surface area contributed by atoms with Crippen molar-refractivity contribution >= 4 is 7.12 Å². The summed E-state index contributed by atoms with van der Waals surface area (Å²) in [7, 11) is -1.56. The first-order valence-electron chi connectivity index (χ1n) is 3.78. The van der Waals surface area contributed by atoms with Crippen molar-refractivity contribution in [2.45, 2.75) is 13.8 Å². The molecule has 0 aliphatic rings. The van der Waals surface area contributed by atoms with Crippen molar-refractivity contribution in [2.24, 2.45) is 5.11 Å². The molecule has 0 amide bonds. The van der Waals surface area contributed by atoms with Crippen LogP contribution >= 0.6 is 0 Å². The fraction of sp³-hybridized carbons (Fsp3) is 0.250. The van der Waals surface area contributed by atoms with Crippen LogP contribution in [-0.4, -0.2) is 17.2 Å². The zero-order chi connectivity index (χ0) is 10.4. The highest BCUT2D eigenvalue weighted by Crippen LogP contribution is 2.15. The van der Waals surface area contributed by atoms with Gasteiger partial charge >= 0.3 is 7.12 Å². The van der Waals surface area contributed by atoms with Crippen molar-refractivity contribution in [3.8, 4) is 0 Å². The van der Waals surface area contributed by atoms with Gasteiger partial charge in [-0.3, -0.25) is 0 Å². The molecule has 0 fully saturated rings. The molecule has 13 heavy (non-hydrogen) atoms. The minimum atomic E-state index is -1.56. The first kappa shape index (κ1) is 11.8. The summed E-state index contributed by atoms with van der Waals surface area (Å²) < 4.78 is 0. The van der Waals surface area contributed by atoms with Gasteiger partial charge in [0.2, 0.25) is 0 Å². The van der Waals surface area contributed by atoms with E-state index in [1.807, 2.05) is 0 Å². The molecule has 3 N–H and O–H groups in total. The number of nitrogens with one attached hydrogen (secondary N) is 1. The van der Waals surface area contributed by atoms with Crippen molar-refractivity contribution in [3.63, 3.8) is 0 Å². The Hall–Kier alpha value is -1.20. The van der Waals surface area contributed by atoms with E-state index in [1.54, 1.807) is 13.8 Å². The molecule has 0 radical (unpaired) electrons. The van der Waals surface area contributed by atoms with E-state index in [0.29, 0.717) is 16.7 Å². The van der Waals surface area contributed by atoms with E-state index in [1.165, 1.54) is 12.2 Å². The molecule has 0 bridgehead atoms. The number of nitrogens with zero attached hydrogens (tertiary/aromatic N) is 1. The Balaban J connectivity index is 5.08. The zero-order valence-corrected chi connectivity index (χ0v) is 7.78. The lowest BCUT2D eigenvalue weighted by Crippen LogP contribution is -2.16. The van der Waals surface area contributed by atoms with Crippen molar-refractivity contribution < 1.29 is 10.0 Å². The highest BCUT2D eigenvalue weighted by atomic mass is 16.4. The van der Waals surface area contributed by atoms with Crippen LogP contribution in [-0.2, 0) is 0 Å². The van der Waals surface area contributed by atoms with Crippen molar-refractivity contribution in [1.82, 2.24) is 0 Å². The molecule has 0 aromatic rings. The zero-order valence-electron chi connectivity index (χ0n) is 7.78. The Morgan fingerprint density at radius 2 is 2.00 bits per heavy atom. The van der Waals surface area contributed by atoms with Crippen LogP contribution in [0.2, 0.25) is 0 Å². The lowest BCUT2D eigenvalue weighted by molar-refractivity contribution is 0.420. The van der Waals surface area contributed by atoms with Gasteiger partial charge in [0.25, 0.3) is 0 Å². The van der Waals surface area contributed by atoms with Crippen LogP contribution in [0.5, 0.6) is 0 Å². The smallest absolute Gasteiger partial charge is 0.423 e. The first-order valence-corrected chi connectivity index (χ1v) is 3.78. The van der Waals surface area contributed by atoms with Crippen molar-refractivity contribution in [1.29, 1.82) is 5.53 Å². The highest BCUT2D eigenvalue weighted by Gasteiger charge is 2.16. The summed E-state index contributed by atoms with van der Waals surface area (Å²) in [5, 5.41) is 21.1. The van der Waals surface area contributed by atoms with E-state index < -0.39 is 7.12 Å². The van der Waals surface area contributed by atoms with Gasteiger partial charge in [0.05, 0.1) is 5.70 Å². The minimum absolute atomic E-state index is 0.309. The molecule has 0 atom stereocenters. The molecule has 0 aliphatic carbocycles. The average Bonchev–Trinajstić information content (AvgIpc) is 2.11. The maximum absolute atomic E-state index is 8.96. The third-order valence-corrected chi connectivity index (χ3v) is 1.72. The Kier molecular flexibility index (Phi) is 4.95. The van der Waals surface area contributed by atoms with Crippen LogP contribution in [0.1, 0.15) is 13.8 Å². The second-order valence-electron chi connectivity index (χ2n) is 2.55. The Morgan fingerprint density at radius 3 is 2.31 bits per heavy atom. The first-order chi connectivity index (χ1) is 6.04. The molecule has 4 nitrogen and oxygen atoms in total. The van der Waals surface area contributed by atoms with Gasteiger partial charge in [-0.25, -0.2) is 5.53 Å². The van der Waals surface area contributed by atoms with Crippen molar-refractivity contribution in [3.05, 3.63) is 35.5 Å². The predicted octanol–water partition coefficient (Wildman–Crippen LogP) is 1.44. The number of allylic oxidation sites excluding steroid dienone is 5. The van der Waals surface area contributed by atoms with E-state index in [2.05, 4.69) is 11.7 Å². The van der Waals surface area contributed by atoms with E-state index >= 15 is 0 Å². The lowest BCUT2D eigenvalue weighted by atomic mass is 9.74. The van der Waals surface area contributed by atoms with E-state index in [4.69, 9.17) is 15.6 Å². The fourth-order valence-electron chi connectivity index (χ4n) is 0.824. The van der Waals surface area contributed by atoms with Crippen LogP contribution in [0, 0.1) is 5.53 Å². The molecule has 0 rings (SSSR count). The molecule has 0 spiro atoms. The van der Waals surface area contributed by atoms with Gasteiger partial charge in [0.1, 0.15) is 0 Å². The van der Waals surface area contributed by atoms with Crippen LogP contribution < -0.4 is 0 Å². The summed E-state index contributed by atoms with van der Waals surface area (Å²) in [4.78, 5) is 0. The summed E-state index contributed by atoms with van der Waals surface area (Å²) in [5.74, 6) is 0. The molecular weight excluding hydrogens is 167 g/mol. The van der Waals surface area contributed by atoms with Crippen LogP contribution in [0.25, 0.3) is 0 Å². The molecule has 70 valence electrons. The monoisotopic (exact) mass is 180 g/mol. The summed E-state index contributed by atoms with van der Waals surface area (Å²) >= 11 is 0. The summed E-state index contributed by atoms with van der Waals surface area (Å²) in [5.41, 5.74) is 8.08. The van der Waals surface area contributed by atoms with Crippen LogP contribution in [0.3, 0.4) is 0 Å². The second-order valence-corrected chi connectivity index (χ2v) is 2.55. The summed E-state index contributed by atoms with van der Waals surface area (Å²) in [6, 6.07) is 0. The third-order valence-electron chi connectivity index (χ3n) is 1.72. The molecule has 0 aromatic heterocycles. The van der Waals surface area contributed by atoms with E-state index in [9.17, 15) is 0 Å². The summed E-state index contributed by atoms with van der Waals surface area (Å²) in [6.45, 7) is 6.75. The standard InChI is InChI=1S/C8H13BN2O2/c1-4-5-8(9(12)13)6(2)7(3)11-10/h4-5,10,12-13H,1H2,2-3H3/b7-6-,8-5+,11-10?. The van der Waals surface area contributed by atoms with Gasteiger partial charge in [0, 0.05) is 0 Å². The van der Waals surface area contributed by atoms with Gasteiger partial charge in [-0.2, -0.15) is 5.11 Å². The van der Waals surface area contributed by atoms with E-state index in [0.717, 1.165) is 0 Å². The normalized spacial score (nSPS) is 13.4. The Bertz CT molecular complexity index is 269. The number of hydrogen-bond acceptors (Lipinski definition) is 4. The van der Waals surface area contributed by atoms with E-state index in [-0.39, 0.29) is 0 Å². The molecule has 0 aromatic carbocycles. The number of hydrogen-bond donors (Lipinski definition) is 3. The molecule has 5 heteroatoms. The van der Waals surface area contributed by atoms with Gasteiger partial charge < -0.3 is 10.0 Å². The van der Waals surface area contributed by atoms with Crippen LogP contribution in [0.4, 0.5) is 0 Å². The largest absolute Gasteiger partial charge is 0.488 e. The van der Waals surface area contributed by atoms with Gasteiger partial charge in [-0.05, 0) is 24.9 Å². The average molecular weight is 180 g/mol. The van der Waals surface area contributed by atoms with Crippen molar-refractivity contribution in [2.75, 3.05) is 0 Å². The fourth-order valence-corrected chi connectivity index (χ4v) is 0.824. The predicted molar refractivity (Wildman–Crippen MR) is 52.0 cm³/mol. The molecule has 0 saturated heterocycles. The van der Waals surface area contributed by atoms with Gasteiger partial charge in [0.15, 0.2) is 0 Å². The molecule has 0 unspecified atom stereocenters. The second kappa shape index (κ2) is 5.45. The molecule has 0 saturated carbocycles. The molecule has 0 aliphatic heterocycles. The summed E-state index contributed by atoms with van der Waals surface area (Å²) in [6.07, 6.45) is 2.93. The Morgan fingerprint density at radius 1 is 1.46 bits per heavy atom. The minimum Gasteiger partial charge on any atom is -0.423 e. The topological polar surface area (TPSA) is 76.7 Å². The maximum atomic E-state index is 8.96. The highest BCUT2D eigenvalue weighted by molar-refractivity contribution is 6.52. The molecular formula is C8H13BN2O2. The molecule has 0 heterocycles. The Labute approximate surface area is 77.9 Å². The third kappa shape index (κ3) is 3.35. The SMILES string of the molecule is C=C/C=C(B(O)O)\C(C)=C(\C)N=N.